The van der Waals surface area contributed by atoms with Crippen molar-refractivity contribution in [2.75, 3.05) is 32.8 Å². The molecule has 2 fully saturated rings. The molecule has 0 saturated carbocycles. The summed E-state index contributed by atoms with van der Waals surface area (Å²) in [4.78, 5) is 27.0. The standard InChI is InChI=1S/C32H39FN6O4/c1-32(2,3)43-31(41)38-13-4-14-42-29(20-38)30(40)36-25(18-34)15-23-7-5-21(16-27(23)33)22-6-8-24-19-39(37-28(24)17-22)26-9-11-35-12-10-26/h5-8,16-17,19,25-26,29,35H,4,9-15,20H2,1-3H3,(H,36,40)/t25-,29-/m0/s1. The minimum atomic E-state index is -0.981. The molecule has 5 rings (SSSR count). The first-order valence-electron chi connectivity index (χ1n) is 14.9. The zero-order valence-corrected chi connectivity index (χ0v) is 24.9. The SMILES string of the molecule is CC(C)(C)OC(=O)N1CCCO[C@H](C(=O)N[C@H](C#N)Cc2ccc(-c3ccc4cn(C5CCNCC5)nc4c3)cc2F)C1. The first-order chi connectivity index (χ1) is 20.6. The van der Waals surface area contributed by atoms with E-state index in [2.05, 4.69) is 22.9 Å². The maximum atomic E-state index is 15.3. The number of fused-ring (bicyclic) bond motifs is 1. The van der Waals surface area contributed by atoms with Crippen LogP contribution in [-0.4, -0.2) is 77.2 Å². The highest BCUT2D eigenvalue weighted by atomic mass is 19.1. The zero-order chi connectivity index (χ0) is 30.6. The summed E-state index contributed by atoms with van der Waals surface area (Å²) in [5, 5.41) is 21.6. The minimum absolute atomic E-state index is 0.00238. The number of nitrogens with one attached hydrogen (secondary N) is 2. The van der Waals surface area contributed by atoms with Gasteiger partial charge in [0.1, 0.15) is 17.5 Å². The number of rotatable bonds is 6. The van der Waals surface area contributed by atoms with Crippen LogP contribution in [0.1, 0.15) is 51.6 Å². The maximum Gasteiger partial charge on any atom is 0.410 e. The Morgan fingerprint density at radius 2 is 1.95 bits per heavy atom. The van der Waals surface area contributed by atoms with Crippen LogP contribution in [0, 0.1) is 17.1 Å². The largest absolute Gasteiger partial charge is 0.444 e. The third-order valence-electron chi connectivity index (χ3n) is 7.71. The van der Waals surface area contributed by atoms with Crippen molar-refractivity contribution in [2.24, 2.45) is 0 Å². The van der Waals surface area contributed by atoms with Crippen molar-refractivity contribution in [1.29, 1.82) is 5.26 Å². The highest BCUT2D eigenvalue weighted by Crippen LogP contribution is 2.28. The predicted molar refractivity (Wildman–Crippen MR) is 160 cm³/mol. The fourth-order valence-corrected chi connectivity index (χ4v) is 5.46. The molecule has 2 N–H and O–H groups in total. The van der Waals surface area contributed by atoms with Gasteiger partial charge in [-0.2, -0.15) is 10.4 Å². The quantitative estimate of drug-likeness (QED) is 0.438. The monoisotopic (exact) mass is 590 g/mol. The summed E-state index contributed by atoms with van der Waals surface area (Å²) >= 11 is 0. The van der Waals surface area contributed by atoms with Crippen LogP contribution in [-0.2, 0) is 20.7 Å². The normalized spacial score (nSPS) is 19.0. The molecule has 3 aromatic rings. The Balaban J connectivity index is 1.23. The molecule has 43 heavy (non-hydrogen) atoms. The fraction of sp³-hybridized carbons (Fsp3) is 0.500. The van der Waals surface area contributed by atoms with Gasteiger partial charge in [0.2, 0.25) is 0 Å². The van der Waals surface area contributed by atoms with E-state index in [4.69, 9.17) is 14.6 Å². The van der Waals surface area contributed by atoms with E-state index < -0.39 is 35.6 Å². The van der Waals surface area contributed by atoms with Gasteiger partial charge in [-0.25, -0.2) is 9.18 Å². The smallest absolute Gasteiger partial charge is 0.410 e. The Labute approximate surface area is 251 Å². The van der Waals surface area contributed by atoms with Gasteiger partial charge in [-0.1, -0.05) is 24.3 Å². The summed E-state index contributed by atoms with van der Waals surface area (Å²) in [6.45, 7) is 7.97. The number of piperidine rings is 1. The number of hydrogen-bond donors (Lipinski definition) is 2. The molecular weight excluding hydrogens is 551 g/mol. The van der Waals surface area contributed by atoms with Gasteiger partial charge in [0, 0.05) is 31.2 Å². The molecule has 2 aliphatic rings. The van der Waals surface area contributed by atoms with E-state index in [1.807, 2.05) is 28.9 Å². The number of carbonyl (C=O) groups is 2. The van der Waals surface area contributed by atoms with Gasteiger partial charge in [-0.05, 0) is 81.9 Å². The molecule has 2 aliphatic heterocycles. The topological polar surface area (TPSA) is 122 Å². The number of benzene rings is 2. The molecule has 2 atom stereocenters. The molecule has 0 radical (unpaired) electrons. The number of aromatic nitrogens is 2. The van der Waals surface area contributed by atoms with Gasteiger partial charge in [-0.15, -0.1) is 0 Å². The molecule has 2 amide bonds. The molecule has 11 heteroatoms. The van der Waals surface area contributed by atoms with E-state index in [1.54, 1.807) is 26.8 Å². The first kappa shape index (κ1) is 30.4. The summed E-state index contributed by atoms with van der Waals surface area (Å²) in [5.74, 6) is -0.995. The van der Waals surface area contributed by atoms with Crippen LogP contribution in [0.15, 0.2) is 42.6 Å². The van der Waals surface area contributed by atoms with Crippen LogP contribution >= 0.6 is 0 Å². The fourth-order valence-electron chi connectivity index (χ4n) is 5.46. The van der Waals surface area contributed by atoms with Crippen molar-refractivity contribution >= 4 is 22.9 Å². The average molecular weight is 591 g/mol. The van der Waals surface area contributed by atoms with Crippen molar-refractivity contribution in [3.8, 4) is 17.2 Å². The van der Waals surface area contributed by atoms with Gasteiger partial charge in [0.05, 0.1) is 24.2 Å². The zero-order valence-electron chi connectivity index (χ0n) is 24.9. The van der Waals surface area contributed by atoms with Gasteiger partial charge in [0.15, 0.2) is 6.10 Å². The third-order valence-corrected chi connectivity index (χ3v) is 7.71. The molecule has 0 spiro atoms. The Bertz CT molecular complexity index is 1500. The molecule has 228 valence electrons. The van der Waals surface area contributed by atoms with E-state index in [9.17, 15) is 14.9 Å². The van der Waals surface area contributed by atoms with Crippen molar-refractivity contribution in [3.63, 3.8) is 0 Å². The molecular formula is C32H39FN6O4. The summed E-state index contributed by atoms with van der Waals surface area (Å²) in [5.41, 5.74) is 2.04. The van der Waals surface area contributed by atoms with E-state index in [0.717, 1.165) is 42.4 Å². The Kier molecular flexibility index (Phi) is 9.28. The summed E-state index contributed by atoms with van der Waals surface area (Å²) in [6, 6.07) is 12.3. The van der Waals surface area contributed by atoms with Gasteiger partial charge in [0.25, 0.3) is 5.91 Å². The van der Waals surface area contributed by atoms with E-state index >= 15 is 4.39 Å². The molecule has 3 heterocycles. The molecule has 0 unspecified atom stereocenters. The van der Waals surface area contributed by atoms with E-state index in [0.29, 0.717) is 30.1 Å². The van der Waals surface area contributed by atoms with Crippen molar-refractivity contribution in [1.82, 2.24) is 25.3 Å². The number of nitrogens with zero attached hydrogens (tertiary/aromatic N) is 4. The molecule has 2 aromatic carbocycles. The van der Waals surface area contributed by atoms with Crippen LogP contribution in [0.2, 0.25) is 0 Å². The maximum absolute atomic E-state index is 15.3. The van der Waals surface area contributed by atoms with Crippen molar-refractivity contribution in [2.45, 2.75) is 70.2 Å². The van der Waals surface area contributed by atoms with Gasteiger partial charge < -0.3 is 25.0 Å². The van der Waals surface area contributed by atoms with E-state index in [-0.39, 0.29) is 19.6 Å². The summed E-state index contributed by atoms with van der Waals surface area (Å²) < 4.78 is 28.4. The number of nitriles is 1. The average Bonchev–Trinajstić information content (AvgIpc) is 3.25. The molecule has 10 nitrogen and oxygen atoms in total. The second kappa shape index (κ2) is 13.1. The first-order valence-corrected chi connectivity index (χ1v) is 14.9. The number of ether oxygens (including phenoxy) is 2. The van der Waals surface area contributed by atoms with Crippen LogP contribution in [0.25, 0.3) is 22.0 Å². The van der Waals surface area contributed by atoms with Crippen LogP contribution < -0.4 is 10.6 Å². The highest BCUT2D eigenvalue weighted by Gasteiger charge is 2.31. The lowest BCUT2D eigenvalue weighted by Crippen LogP contribution is -2.48. The Morgan fingerprint density at radius 3 is 2.67 bits per heavy atom. The number of carbonyl (C=O) groups excluding carboxylic acids is 2. The Morgan fingerprint density at radius 1 is 1.21 bits per heavy atom. The van der Waals surface area contributed by atoms with Crippen molar-refractivity contribution < 1.29 is 23.5 Å². The minimum Gasteiger partial charge on any atom is -0.444 e. The lowest BCUT2D eigenvalue weighted by Gasteiger charge is -2.27. The van der Waals surface area contributed by atoms with Crippen molar-refractivity contribution in [3.05, 3.63) is 54.0 Å². The molecule has 0 bridgehead atoms. The van der Waals surface area contributed by atoms with Crippen LogP contribution in [0.5, 0.6) is 0 Å². The van der Waals surface area contributed by atoms with E-state index in [1.165, 1.54) is 11.0 Å². The molecule has 1 aromatic heterocycles. The molecule has 2 saturated heterocycles. The number of amides is 2. The third kappa shape index (κ3) is 7.69. The van der Waals surface area contributed by atoms with Crippen LogP contribution in [0.4, 0.5) is 9.18 Å². The lowest BCUT2D eigenvalue weighted by molar-refractivity contribution is -0.133. The van der Waals surface area contributed by atoms with Gasteiger partial charge >= 0.3 is 6.09 Å². The predicted octanol–water partition coefficient (Wildman–Crippen LogP) is 4.34. The second-order valence-electron chi connectivity index (χ2n) is 12.2. The Hall–Kier alpha value is -4.01. The summed E-state index contributed by atoms with van der Waals surface area (Å²) in [7, 11) is 0. The van der Waals surface area contributed by atoms with Crippen LogP contribution in [0.3, 0.4) is 0 Å². The lowest BCUT2D eigenvalue weighted by atomic mass is 9.99. The number of hydrogen-bond acceptors (Lipinski definition) is 7. The summed E-state index contributed by atoms with van der Waals surface area (Å²) in [6.07, 6.45) is 3.19. The second-order valence-corrected chi connectivity index (χ2v) is 12.2. The van der Waals surface area contributed by atoms with Gasteiger partial charge in [-0.3, -0.25) is 9.48 Å². The highest BCUT2D eigenvalue weighted by molar-refractivity contribution is 5.84. The number of halogens is 1. The molecule has 0 aliphatic carbocycles.